The lowest BCUT2D eigenvalue weighted by Crippen LogP contribution is -2.21. The van der Waals surface area contributed by atoms with Crippen LogP contribution in [0.4, 0.5) is 4.39 Å². The minimum atomic E-state index is -1.29. The molecule has 0 heterocycles. The number of rotatable bonds is 2. The fourth-order valence-corrected chi connectivity index (χ4v) is 1.12. The van der Waals surface area contributed by atoms with Crippen LogP contribution in [0.15, 0.2) is 18.2 Å². The van der Waals surface area contributed by atoms with Gasteiger partial charge in [-0.2, -0.15) is 0 Å². The molecule has 3 nitrogen and oxygen atoms in total. The standard InChI is InChI=1S/C8H7ClFNO2.ClH/c9-6-2-1-4(10)3-5(6)7(11)8(12)13;/h1-3,7H,11H2,(H,12,13);1H. The van der Waals surface area contributed by atoms with E-state index in [9.17, 15) is 9.18 Å². The smallest absolute Gasteiger partial charge is 0.325 e. The zero-order valence-corrected chi connectivity index (χ0v) is 8.48. The molecule has 0 aromatic heterocycles. The van der Waals surface area contributed by atoms with Gasteiger partial charge >= 0.3 is 5.97 Å². The van der Waals surface area contributed by atoms with Gasteiger partial charge in [-0.15, -0.1) is 12.4 Å². The molecule has 0 fully saturated rings. The van der Waals surface area contributed by atoms with Crippen LogP contribution in [-0.4, -0.2) is 11.1 Å². The number of hydrogen-bond donors (Lipinski definition) is 2. The molecule has 1 atom stereocenters. The first kappa shape index (κ1) is 13.2. The van der Waals surface area contributed by atoms with E-state index in [1.54, 1.807) is 0 Å². The molecule has 14 heavy (non-hydrogen) atoms. The van der Waals surface area contributed by atoms with E-state index in [1.807, 2.05) is 0 Å². The number of carbonyl (C=O) groups is 1. The number of halogens is 3. The molecule has 1 aromatic rings. The number of hydrogen-bond acceptors (Lipinski definition) is 2. The van der Waals surface area contributed by atoms with Gasteiger partial charge in [-0.1, -0.05) is 11.6 Å². The second-order valence-corrected chi connectivity index (χ2v) is 2.89. The first-order chi connectivity index (χ1) is 6.02. The molecule has 0 spiro atoms. The summed E-state index contributed by atoms with van der Waals surface area (Å²) < 4.78 is 12.7. The first-order valence-corrected chi connectivity index (χ1v) is 3.83. The van der Waals surface area contributed by atoms with E-state index in [-0.39, 0.29) is 23.0 Å². The summed E-state index contributed by atoms with van der Waals surface area (Å²) in [5, 5.41) is 8.69. The molecule has 0 aliphatic rings. The fourth-order valence-electron chi connectivity index (χ4n) is 0.886. The van der Waals surface area contributed by atoms with Gasteiger partial charge < -0.3 is 10.8 Å². The average Bonchev–Trinajstić information content (AvgIpc) is 2.08. The monoisotopic (exact) mass is 239 g/mol. The molecule has 3 N–H and O–H groups in total. The Morgan fingerprint density at radius 2 is 2.14 bits per heavy atom. The van der Waals surface area contributed by atoms with Gasteiger partial charge in [0.1, 0.15) is 11.9 Å². The SMILES string of the molecule is Cl.NC(C(=O)O)c1cc(F)ccc1Cl. The maximum Gasteiger partial charge on any atom is 0.325 e. The Hall–Kier alpha value is -0.840. The molecule has 0 saturated heterocycles. The zero-order valence-electron chi connectivity index (χ0n) is 6.91. The van der Waals surface area contributed by atoms with Crippen molar-refractivity contribution in [2.75, 3.05) is 0 Å². The summed E-state index contributed by atoms with van der Waals surface area (Å²) in [6.07, 6.45) is 0. The summed E-state index contributed by atoms with van der Waals surface area (Å²) in [5.41, 5.74) is 5.33. The highest BCUT2D eigenvalue weighted by Crippen LogP contribution is 2.22. The molecule has 1 unspecified atom stereocenters. The van der Waals surface area contributed by atoms with Crippen LogP contribution in [0, 0.1) is 5.82 Å². The normalized spacial score (nSPS) is 11.6. The lowest BCUT2D eigenvalue weighted by Gasteiger charge is -2.08. The number of carboxylic acids is 1. The van der Waals surface area contributed by atoms with Crippen LogP contribution >= 0.6 is 24.0 Å². The number of carboxylic acid groups (broad SMARTS) is 1. The molecule has 6 heteroatoms. The predicted octanol–water partition coefficient (Wildman–Crippen LogP) is 1.99. The molecule has 0 amide bonds. The van der Waals surface area contributed by atoms with Crippen LogP contribution in [-0.2, 0) is 4.79 Å². The van der Waals surface area contributed by atoms with E-state index in [0.29, 0.717) is 0 Å². The van der Waals surface area contributed by atoms with Gasteiger partial charge in [-0.05, 0) is 18.2 Å². The van der Waals surface area contributed by atoms with Gasteiger partial charge in [0.05, 0.1) is 0 Å². The fraction of sp³-hybridized carbons (Fsp3) is 0.125. The number of benzene rings is 1. The minimum absolute atomic E-state index is 0. The Balaban J connectivity index is 0.00000169. The van der Waals surface area contributed by atoms with Crippen molar-refractivity contribution < 1.29 is 14.3 Å². The van der Waals surface area contributed by atoms with Crippen molar-refractivity contribution in [1.82, 2.24) is 0 Å². The highest BCUT2D eigenvalue weighted by Gasteiger charge is 2.17. The molecule has 0 radical (unpaired) electrons. The van der Waals surface area contributed by atoms with Crippen molar-refractivity contribution >= 4 is 30.0 Å². The number of aliphatic carboxylic acids is 1. The molecule has 0 aliphatic carbocycles. The van der Waals surface area contributed by atoms with Crippen molar-refractivity contribution in [3.63, 3.8) is 0 Å². The molecule has 1 aromatic carbocycles. The summed E-state index contributed by atoms with van der Waals surface area (Å²) in [6, 6.07) is 2.14. The molecule has 0 aliphatic heterocycles. The van der Waals surface area contributed by atoms with Crippen LogP contribution < -0.4 is 5.73 Å². The second kappa shape index (κ2) is 5.14. The predicted molar refractivity (Wildman–Crippen MR) is 53.2 cm³/mol. The lowest BCUT2D eigenvalue weighted by atomic mass is 10.1. The van der Waals surface area contributed by atoms with Crippen molar-refractivity contribution in [1.29, 1.82) is 0 Å². The zero-order chi connectivity index (χ0) is 10.0. The van der Waals surface area contributed by atoms with Crippen molar-refractivity contribution in [2.45, 2.75) is 6.04 Å². The van der Waals surface area contributed by atoms with Crippen LogP contribution in [0.2, 0.25) is 5.02 Å². The van der Waals surface area contributed by atoms with Gasteiger partial charge in [0.15, 0.2) is 0 Å². The second-order valence-electron chi connectivity index (χ2n) is 2.48. The van der Waals surface area contributed by atoms with Gasteiger partial charge in [-0.25, -0.2) is 4.39 Å². The highest BCUT2D eigenvalue weighted by atomic mass is 35.5. The maximum absolute atomic E-state index is 12.7. The molecule has 1 rings (SSSR count). The molecular weight excluding hydrogens is 232 g/mol. The van der Waals surface area contributed by atoms with E-state index in [0.717, 1.165) is 12.1 Å². The van der Waals surface area contributed by atoms with E-state index in [4.69, 9.17) is 22.4 Å². The van der Waals surface area contributed by atoms with Crippen molar-refractivity contribution in [3.05, 3.63) is 34.6 Å². The van der Waals surface area contributed by atoms with E-state index in [1.165, 1.54) is 6.07 Å². The number of nitrogens with two attached hydrogens (primary N) is 1. The van der Waals surface area contributed by atoms with E-state index in [2.05, 4.69) is 0 Å². The quantitative estimate of drug-likeness (QED) is 0.830. The third-order valence-corrected chi connectivity index (χ3v) is 1.90. The molecule has 78 valence electrons. The van der Waals surface area contributed by atoms with Crippen LogP contribution in [0.3, 0.4) is 0 Å². The van der Waals surface area contributed by atoms with Gasteiger partial charge in [0.2, 0.25) is 0 Å². The highest BCUT2D eigenvalue weighted by molar-refractivity contribution is 6.31. The first-order valence-electron chi connectivity index (χ1n) is 3.45. The Kier molecular flexibility index (Phi) is 4.83. The maximum atomic E-state index is 12.7. The van der Waals surface area contributed by atoms with Crippen LogP contribution in [0.5, 0.6) is 0 Å². The van der Waals surface area contributed by atoms with Gasteiger partial charge in [0.25, 0.3) is 0 Å². The third-order valence-electron chi connectivity index (χ3n) is 1.56. The molecule has 0 bridgehead atoms. The van der Waals surface area contributed by atoms with E-state index >= 15 is 0 Å². The van der Waals surface area contributed by atoms with Gasteiger partial charge in [-0.3, -0.25) is 4.79 Å². The van der Waals surface area contributed by atoms with E-state index < -0.39 is 17.8 Å². The van der Waals surface area contributed by atoms with Crippen molar-refractivity contribution in [3.8, 4) is 0 Å². The van der Waals surface area contributed by atoms with Gasteiger partial charge in [0, 0.05) is 10.6 Å². The summed E-state index contributed by atoms with van der Waals surface area (Å²) in [4.78, 5) is 10.5. The average molecular weight is 240 g/mol. The minimum Gasteiger partial charge on any atom is -0.480 e. The molecular formula is C8H8Cl2FNO2. The Morgan fingerprint density at radius 3 is 2.64 bits per heavy atom. The Bertz CT molecular complexity index is 346. The van der Waals surface area contributed by atoms with Crippen LogP contribution in [0.25, 0.3) is 0 Å². The summed E-state index contributed by atoms with van der Waals surface area (Å²) in [5.74, 6) is -1.80. The third kappa shape index (κ3) is 2.83. The largest absolute Gasteiger partial charge is 0.480 e. The van der Waals surface area contributed by atoms with Crippen LogP contribution in [0.1, 0.15) is 11.6 Å². The summed E-state index contributed by atoms with van der Waals surface area (Å²) >= 11 is 5.63. The Morgan fingerprint density at radius 1 is 1.57 bits per heavy atom. The molecule has 0 saturated carbocycles. The topological polar surface area (TPSA) is 63.3 Å². The summed E-state index contributed by atoms with van der Waals surface area (Å²) in [7, 11) is 0. The Labute approximate surface area is 91.1 Å². The lowest BCUT2D eigenvalue weighted by molar-refractivity contribution is -0.138. The van der Waals surface area contributed by atoms with Crippen molar-refractivity contribution in [2.24, 2.45) is 5.73 Å². The summed E-state index contributed by atoms with van der Waals surface area (Å²) in [6.45, 7) is 0.